The van der Waals surface area contributed by atoms with E-state index >= 15 is 0 Å². The second-order valence-corrected chi connectivity index (χ2v) is 4.56. The Morgan fingerprint density at radius 3 is 2.60 bits per heavy atom. The number of halogens is 1. The van der Waals surface area contributed by atoms with Crippen molar-refractivity contribution in [1.29, 1.82) is 0 Å². The minimum Gasteiger partial charge on any atom is -0.351 e. The Labute approximate surface area is 95.5 Å². The summed E-state index contributed by atoms with van der Waals surface area (Å²) in [4.78, 5) is 10.5. The van der Waals surface area contributed by atoms with Crippen LogP contribution in [0.1, 0.15) is 33.1 Å². The molecule has 1 fully saturated rings. The first-order chi connectivity index (χ1) is 7.18. The van der Waals surface area contributed by atoms with Crippen LogP contribution in [-0.4, -0.2) is 22.1 Å². The van der Waals surface area contributed by atoms with Gasteiger partial charge < -0.3 is 4.90 Å². The van der Waals surface area contributed by atoms with Gasteiger partial charge in [0.05, 0.1) is 0 Å². The van der Waals surface area contributed by atoms with Crippen LogP contribution in [0.15, 0.2) is 12.3 Å². The average Bonchev–Trinajstić information content (AvgIpc) is 2.17. The molecule has 2 heterocycles. The summed E-state index contributed by atoms with van der Waals surface area (Å²) >= 11 is 5.81. The van der Waals surface area contributed by atoms with Crippen molar-refractivity contribution in [2.24, 2.45) is 0 Å². The molecule has 0 amide bonds. The maximum atomic E-state index is 5.81. The molecule has 0 bridgehead atoms. The van der Waals surface area contributed by atoms with Crippen LogP contribution in [-0.2, 0) is 0 Å². The minimum absolute atomic E-state index is 0.331. The number of piperidine rings is 1. The van der Waals surface area contributed by atoms with Gasteiger partial charge >= 0.3 is 0 Å². The molecule has 15 heavy (non-hydrogen) atoms. The zero-order chi connectivity index (χ0) is 10.8. The summed E-state index contributed by atoms with van der Waals surface area (Å²) < 4.78 is 0. The lowest BCUT2D eigenvalue weighted by Crippen LogP contribution is -2.44. The molecule has 0 aliphatic carbocycles. The Morgan fingerprint density at radius 1 is 1.33 bits per heavy atom. The normalized spacial score (nSPS) is 26.7. The fourth-order valence-corrected chi connectivity index (χ4v) is 2.49. The predicted octanol–water partition coefficient (Wildman–Crippen LogP) is 2.90. The van der Waals surface area contributed by atoms with Crippen LogP contribution >= 0.6 is 11.6 Å². The molecule has 0 N–H and O–H groups in total. The van der Waals surface area contributed by atoms with Crippen molar-refractivity contribution in [3.05, 3.63) is 17.5 Å². The molecule has 3 nitrogen and oxygen atoms in total. The van der Waals surface area contributed by atoms with E-state index in [0.29, 0.717) is 17.4 Å². The van der Waals surface area contributed by atoms with E-state index in [2.05, 4.69) is 28.7 Å². The van der Waals surface area contributed by atoms with Crippen LogP contribution in [0.4, 0.5) is 5.82 Å². The van der Waals surface area contributed by atoms with Crippen LogP contribution < -0.4 is 4.90 Å². The lowest BCUT2D eigenvalue weighted by Gasteiger charge is -2.39. The molecule has 0 saturated carbocycles. The number of anilines is 1. The third-order valence-electron chi connectivity index (χ3n) is 3.07. The van der Waals surface area contributed by atoms with Crippen molar-refractivity contribution in [3.8, 4) is 0 Å². The van der Waals surface area contributed by atoms with E-state index in [9.17, 15) is 0 Å². The van der Waals surface area contributed by atoms with Crippen molar-refractivity contribution in [3.63, 3.8) is 0 Å². The van der Waals surface area contributed by atoms with E-state index in [1.165, 1.54) is 19.3 Å². The maximum Gasteiger partial charge on any atom is 0.224 e. The Balaban J connectivity index is 2.27. The summed E-state index contributed by atoms with van der Waals surface area (Å²) in [7, 11) is 0. The van der Waals surface area contributed by atoms with Gasteiger partial charge in [0.15, 0.2) is 0 Å². The van der Waals surface area contributed by atoms with Crippen molar-refractivity contribution < 1.29 is 0 Å². The fraction of sp³-hybridized carbons (Fsp3) is 0.636. The first-order valence-corrected chi connectivity index (χ1v) is 5.83. The number of rotatable bonds is 1. The number of nitrogens with zero attached hydrogens (tertiary/aromatic N) is 3. The predicted molar refractivity (Wildman–Crippen MR) is 62.3 cm³/mol. The molecule has 1 aromatic heterocycles. The lowest BCUT2D eigenvalue weighted by atomic mass is 9.98. The summed E-state index contributed by atoms with van der Waals surface area (Å²) in [5.74, 6) is 0.953. The van der Waals surface area contributed by atoms with Gasteiger partial charge in [-0.2, -0.15) is 0 Å². The van der Waals surface area contributed by atoms with Crippen molar-refractivity contribution in [2.45, 2.75) is 45.2 Å². The van der Waals surface area contributed by atoms with Gasteiger partial charge in [0.25, 0.3) is 0 Å². The van der Waals surface area contributed by atoms with Crippen molar-refractivity contribution in [2.75, 3.05) is 4.90 Å². The van der Waals surface area contributed by atoms with Gasteiger partial charge in [-0.15, -0.1) is 0 Å². The van der Waals surface area contributed by atoms with Gasteiger partial charge in [-0.3, -0.25) is 0 Å². The Bertz CT molecular complexity index is 332. The Kier molecular flexibility index (Phi) is 3.10. The Morgan fingerprint density at radius 2 is 2.00 bits per heavy atom. The molecular weight excluding hydrogens is 210 g/mol. The maximum absolute atomic E-state index is 5.81. The number of aromatic nitrogens is 2. The van der Waals surface area contributed by atoms with Crippen LogP contribution in [0.25, 0.3) is 0 Å². The van der Waals surface area contributed by atoms with Gasteiger partial charge in [-0.05, 0) is 50.8 Å². The van der Waals surface area contributed by atoms with E-state index in [1.807, 2.05) is 6.07 Å². The molecule has 0 aromatic carbocycles. The topological polar surface area (TPSA) is 29.0 Å². The van der Waals surface area contributed by atoms with E-state index in [-0.39, 0.29) is 0 Å². The Hall–Kier alpha value is -0.830. The summed E-state index contributed by atoms with van der Waals surface area (Å²) in [5.41, 5.74) is 0. The first kappa shape index (κ1) is 10.7. The largest absolute Gasteiger partial charge is 0.351 e. The highest BCUT2D eigenvalue weighted by molar-refractivity contribution is 6.28. The number of hydrogen-bond acceptors (Lipinski definition) is 3. The zero-order valence-corrected chi connectivity index (χ0v) is 9.91. The fourth-order valence-electron chi connectivity index (χ4n) is 2.34. The smallest absolute Gasteiger partial charge is 0.224 e. The summed E-state index contributed by atoms with van der Waals surface area (Å²) in [5, 5.41) is 0.331. The minimum atomic E-state index is 0.331. The number of hydrogen-bond donors (Lipinski definition) is 0. The second-order valence-electron chi connectivity index (χ2n) is 4.22. The average molecular weight is 226 g/mol. The molecule has 2 atom stereocenters. The van der Waals surface area contributed by atoms with Gasteiger partial charge in [0, 0.05) is 18.3 Å². The molecule has 1 aromatic rings. The quantitative estimate of drug-likeness (QED) is 0.689. The molecule has 1 aliphatic rings. The summed E-state index contributed by atoms with van der Waals surface area (Å²) in [6.45, 7) is 4.48. The van der Waals surface area contributed by atoms with Gasteiger partial charge in [0.1, 0.15) is 5.82 Å². The van der Waals surface area contributed by atoms with E-state index in [0.717, 1.165) is 5.82 Å². The third kappa shape index (κ3) is 2.23. The van der Waals surface area contributed by atoms with E-state index in [4.69, 9.17) is 11.6 Å². The van der Waals surface area contributed by atoms with Crippen molar-refractivity contribution >= 4 is 17.4 Å². The molecule has 1 saturated heterocycles. The standard InChI is InChI=1S/C11H16ClN3/c1-8-4-3-5-9(2)15(8)10-6-7-13-11(12)14-10/h6-9H,3-5H2,1-2H3/t8-,9-/m0/s1. The van der Waals surface area contributed by atoms with Crippen LogP contribution in [0, 0.1) is 0 Å². The molecule has 0 unspecified atom stereocenters. The zero-order valence-electron chi connectivity index (χ0n) is 9.15. The molecule has 0 radical (unpaired) electrons. The highest BCUT2D eigenvalue weighted by Crippen LogP contribution is 2.27. The van der Waals surface area contributed by atoms with E-state index < -0.39 is 0 Å². The molecule has 1 aliphatic heterocycles. The van der Waals surface area contributed by atoms with Gasteiger partial charge in [0.2, 0.25) is 5.28 Å². The van der Waals surface area contributed by atoms with Gasteiger partial charge in [-0.25, -0.2) is 9.97 Å². The SMILES string of the molecule is C[C@H]1CCC[C@H](C)N1c1ccnc(Cl)n1. The first-order valence-electron chi connectivity index (χ1n) is 5.45. The monoisotopic (exact) mass is 225 g/mol. The lowest BCUT2D eigenvalue weighted by molar-refractivity contribution is 0.411. The highest BCUT2D eigenvalue weighted by atomic mass is 35.5. The molecule has 2 rings (SSSR count). The molecular formula is C11H16ClN3. The molecule has 4 heteroatoms. The second kappa shape index (κ2) is 4.35. The highest BCUT2D eigenvalue weighted by Gasteiger charge is 2.25. The van der Waals surface area contributed by atoms with Crippen LogP contribution in [0.5, 0.6) is 0 Å². The molecule has 82 valence electrons. The molecule has 0 spiro atoms. The third-order valence-corrected chi connectivity index (χ3v) is 3.25. The summed E-state index contributed by atoms with van der Waals surface area (Å²) in [6.07, 6.45) is 5.48. The van der Waals surface area contributed by atoms with Gasteiger partial charge in [-0.1, -0.05) is 0 Å². The van der Waals surface area contributed by atoms with Crippen LogP contribution in [0.2, 0.25) is 5.28 Å². The van der Waals surface area contributed by atoms with E-state index in [1.54, 1.807) is 6.20 Å². The van der Waals surface area contributed by atoms with Crippen LogP contribution in [0.3, 0.4) is 0 Å². The van der Waals surface area contributed by atoms with Crippen molar-refractivity contribution in [1.82, 2.24) is 9.97 Å². The summed E-state index contributed by atoms with van der Waals surface area (Å²) in [6, 6.07) is 3.02.